The van der Waals surface area contributed by atoms with Crippen molar-refractivity contribution in [2.45, 2.75) is 45.6 Å². The topological polar surface area (TPSA) is 64.7 Å². The molecule has 0 aliphatic carbocycles. The third kappa shape index (κ3) is 4.80. The Bertz CT molecular complexity index is 900. The molecule has 0 aliphatic heterocycles. The highest BCUT2D eigenvalue weighted by Gasteiger charge is 2.13. The maximum Gasteiger partial charge on any atom is 0.230 e. The molecule has 27 heavy (non-hydrogen) atoms. The zero-order valence-electron chi connectivity index (χ0n) is 16.0. The van der Waals surface area contributed by atoms with E-state index in [1.807, 2.05) is 40.6 Å². The molecule has 7 heteroatoms. The van der Waals surface area contributed by atoms with Gasteiger partial charge in [-0.25, -0.2) is 4.98 Å². The predicted octanol–water partition coefficient (Wildman–Crippen LogP) is 3.17. The fourth-order valence-corrected chi connectivity index (χ4v) is 3.80. The molecule has 0 saturated carbocycles. The van der Waals surface area contributed by atoms with Crippen LogP contribution < -0.4 is 5.32 Å². The van der Waals surface area contributed by atoms with E-state index in [2.05, 4.69) is 41.4 Å². The van der Waals surface area contributed by atoms with Crippen LogP contribution in [0.3, 0.4) is 0 Å². The standard InChI is InChI=1S/C20H25N5OS/c1-4-24-11-10-21-20(24)27-14-19(26)22-12-18-15(2)23-25(16(18)3)13-17-8-6-5-7-9-17/h5-11H,4,12-14H2,1-3H3,(H,22,26). The molecule has 0 fully saturated rings. The Kier molecular flexibility index (Phi) is 6.34. The largest absolute Gasteiger partial charge is 0.351 e. The van der Waals surface area contributed by atoms with E-state index >= 15 is 0 Å². The molecule has 0 bridgehead atoms. The predicted molar refractivity (Wildman–Crippen MR) is 108 cm³/mol. The van der Waals surface area contributed by atoms with Crippen molar-refractivity contribution in [3.8, 4) is 0 Å². The lowest BCUT2D eigenvalue weighted by Crippen LogP contribution is -2.25. The van der Waals surface area contributed by atoms with Gasteiger partial charge < -0.3 is 9.88 Å². The molecule has 0 spiro atoms. The second-order valence-corrected chi connectivity index (χ2v) is 7.30. The molecule has 2 aromatic heterocycles. The van der Waals surface area contributed by atoms with Crippen LogP contribution in [0, 0.1) is 13.8 Å². The number of carbonyl (C=O) groups excluding carboxylic acids is 1. The summed E-state index contributed by atoms with van der Waals surface area (Å²) >= 11 is 1.46. The zero-order valence-corrected chi connectivity index (χ0v) is 16.8. The van der Waals surface area contributed by atoms with Crippen LogP contribution in [0.25, 0.3) is 0 Å². The van der Waals surface area contributed by atoms with Crippen LogP contribution in [0.15, 0.2) is 47.9 Å². The van der Waals surface area contributed by atoms with Crippen molar-refractivity contribution in [3.63, 3.8) is 0 Å². The fraction of sp³-hybridized carbons (Fsp3) is 0.350. The Morgan fingerprint density at radius 1 is 1.22 bits per heavy atom. The highest BCUT2D eigenvalue weighted by molar-refractivity contribution is 7.99. The number of imidazole rings is 1. The van der Waals surface area contributed by atoms with Gasteiger partial charge in [-0.3, -0.25) is 9.48 Å². The van der Waals surface area contributed by atoms with Crippen LogP contribution >= 0.6 is 11.8 Å². The SMILES string of the molecule is CCn1ccnc1SCC(=O)NCc1c(C)nn(Cc2ccccc2)c1C. The Labute approximate surface area is 164 Å². The summed E-state index contributed by atoms with van der Waals surface area (Å²) in [6, 6.07) is 10.3. The number of rotatable bonds is 8. The number of hydrogen-bond acceptors (Lipinski definition) is 4. The van der Waals surface area contributed by atoms with Crippen LogP contribution in [0.4, 0.5) is 0 Å². The Hall–Kier alpha value is -2.54. The maximum absolute atomic E-state index is 12.2. The molecule has 1 aromatic carbocycles. The summed E-state index contributed by atoms with van der Waals surface area (Å²) in [5.74, 6) is 0.355. The molecule has 1 amide bonds. The van der Waals surface area contributed by atoms with Crippen LogP contribution in [-0.2, 0) is 24.4 Å². The van der Waals surface area contributed by atoms with Crippen molar-refractivity contribution in [1.29, 1.82) is 0 Å². The molecule has 2 heterocycles. The van der Waals surface area contributed by atoms with Gasteiger partial charge in [0.05, 0.1) is 18.0 Å². The molecule has 3 rings (SSSR count). The quantitative estimate of drug-likeness (QED) is 0.607. The number of amides is 1. The highest BCUT2D eigenvalue weighted by Crippen LogP contribution is 2.17. The number of aromatic nitrogens is 4. The normalized spacial score (nSPS) is 10.9. The smallest absolute Gasteiger partial charge is 0.230 e. The summed E-state index contributed by atoms with van der Waals surface area (Å²) in [5, 5.41) is 8.52. The van der Waals surface area contributed by atoms with Crippen LogP contribution in [0.1, 0.15) is 29.4 Å². The number of carbonyl (C=O) groups is 1. The molecule has 0 radical (unpaired) electrons. The summed E-state index contributed by atoms with van der Waals surface area (Å²) in [6.07, 6.45) is 3.69. The van der Waals surface area contributed by atoms with Crippen molar-refractivity contribution >= 4 is 17.7 Å². The van der Waals surface area contributed by atoms with E-state index in [1.165, 1.54) is 17.3 Å². The minimum atomic E-state index is 0.000243. The first-order valence-electron chi connectivity index (χ1n) is 9.06. The monoisotopic (exact) mass is 383 g/mol. The third-order valence-electron chi connectivity index (χ3n) is 4.52. The second-order valence-electron chi connectivity index (χ2n) is 6.35. The summed E-state index contributed by atoms with van der Waals surface area (Å²) in [5.41, 5.74) is 4.34. The summed E-state index contributed by atoms with van der Waals surface area (Å²) in [4.78, 5) is 16.5. The lowest BCUT2D eigenvalue weighted by atomic mass is 10.2. The number of benzene rings is 1. The fourth-order valence-electron chi connectivity index (χ4n) is 2.94. The van der Waals surface area contributed by atoms with Gasteiger partial charge in [0.25, 0.3) is 0 Å². The molecule has 0 aliphatic rings. The van der Waals surface area contributed by atoms with E-state index in [0.29, 0.717) is 12.3 Å². The first-order chi connectivity index (χ1) is 13.1. The zero-order chi connectivity index (χ0) is 19.2. The maximum atomic E-state index is 12.2. The van der Waals surface area contributed by atoms with Crippen LogP contribution in [-0.4, -0.2) is 31.0 Å². The molecule has 142 valence electrons. The lowest BCUT2D eigenvalue weighted by molar-refractivity contribution is -0.118. The number of hydrogen-bond donors (Lipinski definition) is 1. The average molecular weight is 384 g/mol. The molecule has 6 nitrogen and oxygen atoms in total. The van der Waals surface area contributed by atoms with Gasteiger partial charge in [0.2, 0.25) is 5.91 Å². The molecular formula is C20H25N5OS. The summed E-state index contributed by atoms with van der Waals surface area (Å²) in [7, 11) is 0. The van der Waals surface area contributed by atoms with Crippen molar-refractivity contribution < 1.29 is 4.79 Å². The lowest BCUT2D eigenvalue weighted by Gasteiger charge is -2.08. The van der Waals surface area contributed by atoms with Gasteiger partial charge in [-0.15, -0.1) is 0 Å². The van der Waals surface area contributed by atoms with Crippen molar-refractivity contribution in [3.05, 3.63) is 65.2 Å². The van der Waals surface area contributed by atoms with Gasteiger partial charge in [0.1, 0.15) is 0 Å². The van der Waals surface area contributed by atoms with Gasteiger partial charge >= 0.3 is 0 Å². The Balaban J connectivity index is 1.57. The van der Waals surface area contributed by atoms with Crippen molar-refractivity contribution in [1.82, 2.24) is 24.6 Å². The average Bonchev–Trinajstić information content (AvgIpc) is 3.23. The van der Waals surface area contributed by atoms with Gasteiger partial charge in [-0.1, -0.05) is 42.1 Å². The van der Waals surface area contributed by atoms with Gasteiger partial charge in [0.15, 0.2) is 5.16 Å². The Morgan fingerprint density at radius 3 is 2.74 bits per heavy atom. The molecule has 1 N–H and O–H groups in total. The minimum Gasteiger partial charge on any atom is -0.351 e. The van der Waals surface area contributed by atoms with E-state index in [1.54, 1.807) is 6.20 Å². The summed E-state index contributed by atoms with van der Waals surface area (Å²) in [6.45, 7) is 8.18. The Morgan fingerprint density at radius 2 is 2.00 bits per heavy atom. The van der Waals surface area contributed by atoms with E-state index < -0.39 is 0 Å². The molecule has 0 atom stereocenters. The molecule has 3 aromatic rings. The first kappa shape index (κ1) is 19.2. The number of thioether (sulfide) groups is 1. The second kappa shape index (κ2) is 8.90. The molecule has 0 unspecified atom stereocenters. The highest BCUT2D eigenvalue weighted by atomic mass is 32.2. The van der Waals surface area contributed by atoms with Gasteiger partial charge in [-0.2, -0.15) is 5.10 Å². The number of nitrogens with one attached hydrogen (secondary N) is 1. The van der Waals surface area contributed by atoms with Crippen LogP contribution in [0.2, 0.25) is 0 Å². The van der Waals surface area contributed by atoms with Gasteiger partial charge in [-0.05, 0) is 26.3 Å². The number of nitrogens with zero attached hydrogens (tertiary/aromatic N) is 4. The molecular weight excluding hydrogens is 358 g/mol. The van der Waals surface area contributed by atoms with Gasteiger partial charge in [0, 0.05) is 36.7 Å². The third-order valence-corrected chi connectivity index (χ3v) is 5.52. The van der Waals surface area contributed by atoms with E-state index in [0.717, 1.165) is 35.2 Å². The van der Waals surface area contributed by atoms with E-state index in [9.17, 15) is 4.79 Å². The van der Waals surface area contributed by atoms with Crippen molar-refractivity contribution in [2.24, 2.45) is 0 Å². The van der Waals surface area contributed by atoms with Crippen molar-refractivity contribution in [2.75, 3.05) is 5.75 Å². The first-order valence-corrected chi connectivity index (χ1v) is 10.0. The minimum absolute atomic E-state index is 0.000243. The summed E-state index contributed by atoms with van der Waals surface area (Å²) < 4.78 is 4.03. The van der Waals surface area contributed by atoms with Crippen LogP contribution in [0.5, 0.6) is 0 Å². The van der Waals surface area contributed by atoms with E-state index in [-0.39, 0.29) is 5.91 Å². The van der Waals surface area contributed by atoms with E-state index in [4.69, 9.17) is 0 Å². The molecule has 0 saturated heterocycles. The number of aryl methyl sites for hydroxylation is 2.